The van der Waals surface area contributed by atoms with Crippen molar-refractivity contribution in [1.82, 2.24) is 4.57 Å². The zero-order valence-electron chi connectivity index (χ0n) is 24.5. The molecule has 0 aliphatic heterocycles. The van der Waals surface area contributed by atoms with E-state index in [0.717, 1.165) is 17.1 Å². The van der Waals surface area contributed by atoms with E-state index in [0.29, 0.717) is 0 Å². The maximum absolute atomic E-state index is 2.46. The highest BCUT2D eigenvalue weighted by Gasteiger charge is 2.20. The molecule has 0 saturated carbocycles. The molecule has 0 N–H and O–H groups in total. The van der Waals surface area contributed by atoms with Gasteiger partial charge in [-0.05, 0) is 77.9 Å². The van der Waals surface area contributed by atoms with Crippen LogP contribution < -0.4 is 4.90 Å². The van der Waals surface area contributed by atoms with Gasteiger partial charge >= 0.3 is 0 Å². The van der Waals surface area contributed by atoms with E-state index in [9.17, 15) is 0 Å². The van der Waals surface area contributed by atoms with Crippen LogP contribution in [0.3, 0.4) is 0 Å². The molecule has 212 valence electrons. The van der Waals surface area contributed by atoms with Crippen molar-refractivity contribution in [2.24, 2.45) is 0 Å². The summed E-state index contributed by atoms with van der Waals surface area (Å²) in [6.07, 6.45) is 0. The molecule has 2 nitrogen and oxygen atoms in total. The molecule has 0 unspecified atom stereocenters. The van der Waals surface area contributed by atoms with Gasteiger partial charge in [-0.15, -0.1) is 11.3 Å². The van der Waals surface area contributed by atoms with Crippen molar-refractivity contribution in [1.29, 1.82) is 0 Å². The Labute approximate surface area is 265 Å². The Kier molecular flexibility index (Phi) is 6.03. The lowest BCUT2D eigenvalue weighted by atomic mass is 10.0. The van der Waals surface area contributed by atoms with Gasteiger partial charge in [0.15, 0.2) is 0 Å². The average molecular weight is 593 g/mol. The van der Waals surface area contributed by atoms with E-state index in [1.54, 1.807) is 0 Å². The molecule has 2 aromatic heterocycles. The molecule has 0 saturated heterocycles. The maximum Gasteiger partial charge on any atom is 0.0719 e. The van der Waals surface area contributed by atoms with Gasteiger partial charge in [-0.25, -0.2) is 0 Å². The van der Waals surface area contributed by atoms with Gasteiger partial charge in [0, 0.05) is 49.0 Å². The highest BCUT2D eigenvalue weighted by atomic mass is 32.1. The Morgan fingerprint density at radius 3 is 1.73 bits per heavy atom. The van der Waals surface area contributed by atoms with Gasteiger partial charge in [0.1, 0.15) is 0 Å². The summed E-state index contributed by atoms with van der Waals surface area (Å²) in [6, 6.07) is 61.2. The maximum atomic E-state index is 2.46. The zero-order chi connectivity index (χ0) is 29.7. The number of hydrogen-bond donors (Lipinski definition) is 0. The third-order valence-electron chi connectivity index (χ3n) is 8.76. The fourth-order valence-corrected chi connectivity index (χ4v) is 7.94. The Balaban J connectivity index is 1.32. The second-order valence-corrected chi connectivity index (χ2v) is 12.4. The van der Waals surface area contributed by atoms with Crippen LogP contribution in [-0.4, -0.2) is 4.57 Å². The minimum Gasteiger partial charge on any atom is -0.310 e. The van der Waals surface area contributed by atoms with E-state index in [2.05, 4.69) is 179 Å². The summed E-state index contributed by atoms with van der Waals surface area (Å²) in [6.45, 7) is 0. The largest absolute Gasteiger partial charge is 0.310 e. The number of aromatic nitrogens is 1. The van der Waals surface area contributed by atoms with Crippen molar-refractivity contribution in [3.8, 4) is 16.8 Å². The Morgan fingerprint density at radius 2 is 1.04 bits per heavy atom. The summed E-state index contributed by atoms with van der Waals surface area (Å²) in [5.41, 5.74) is 9.57. The molecule has 0 atom stereocenters. The van der Waals surface area contributed by atoms with Gasteiger partial charge in [-0.2, -0.15) is 0 Å². The minimum absolute atomic E-state index is 1.14. The number of hydrogen-bond acceptors (Lipinski definition) is 2. The van der Waals surface area contributed by atoms with Gasteiger partial charge in [0.25, 0.3) is 0 Å². The first kappa shape index (κ1) is 25.8. The van der Waals surface area contributed by atoms with Crippen molar-refractivity contribution < 1.29 is 0 Å². The number of para-hydroxylation sites is 3. The van der Waals surface area contributed by atoms with Crippen molar-refractivity contribution in [3.05, 3.63) is 170 Å². The average Bonchev–Trinajstić information content (AvgIpc) is 3.65. The fraction of sp³-hybridized carbons (Fsp3) is 0. The van der Waals surface area contributed by atoms with Crippen LogP contribution in [0.4, 0.5) is 17.1 Å². The van der Waals surface area contributed by atoms with Gasteiger partial charge in [0.05, 0.1) is 15.7 Å². The van der Waals surface area contributed by atoms with Crippen LogP contribution in [-0.2, 0) is 0 Å². The second-order valence-electron chi connectivity index (χ2n) is 11.4. The van der Waals surface area contributed by atoms with Gasteiger partial charge < -0.3 is 9.47 Å². The molecule has 0 radical (unpaired) electrons. The SMILES string of the molecule is c1ccc(-c2ccc3c(c2)c2ccc4c5cc(N(c6ccccc6)c6ccccc6)ccc5sc4c2n3-c2ccccc2)cc1. The van der Waals surface area contributed by atoms with E-state index in [1.807, 2.05) is 11.3 Å². The third kappa shape index (κ3) is 4.24. The predicted octanol–water partition coefficient (Wildman–Crippen LogP) is 12.3. The van der Waals surface area contributed by atoms with Crippen LogP contribution in [0.25, 0.3) is 58.8 Å². The molecule has 0 aliphatic carbocycles. The molecule has 0 aliphatic rings. The van der Waals surface area contributed by atoms with Crippen LogP contribution >= 0.6 is 11.3 Å². The smallest absolute Gasteiger partial charge is 0.0719 e. The topological polar surface area (TPSA) is 8.17 Å². The van der Waals surface area contributed by atoms with Gasteiger partial charge in [0.2, 0.25) is 0 Å². The molecule has 9 aromatic rings. The zero-order valence-corrected chi connectivity index (χ0v) is 25.3. The van der Waals surface area contributed by atoms with Crippen LogP contribution in [0.1, 0.15) is 0 Å². The second kappa shape index (κ2) is 10.5. The first-order chi connectivity index (χ1) is 22.3. The molecule has 0 amide bonds. The summed E-state index contributed by atoms with van der Waals surface area (Å²) < 4.78 is 5.06. The number of nitrogens with zero attached hydrogens (tertiary/aromatic N) is 2. The van der Waals surface area contributed by atoms with Crippen LogP contribution in [0, 0.1) is 0 Å². The van der Waals surface area contributed by atoms with Crippen molar-refractivity contribution in [2.45, 2.75) is 0 Å². The van der Waals surface area contributed by atoms with Gasteiger partial charge in [-0.1, -0.05) is 103 Å². The van der Waals surface area contributed by atoms with Crippen molar-refractivity contribution >= 4 is 70.4 Å². The van der Waals surface area contributed by atoms with E-state index in [4.69, 9.17) is 0 Å². The van der Waals surface area contributed by atoms with Crippen LogP contribution in [0.2, 0.25) is 0 Å². The molecular formula is C42H28N2S. The predicted molar refractivity (Wildman–Crippen MR) is 194 cm³/mol. The first-order valence-electron chi connectivity index (χ1n) is 15.3. The van der Waals surface area contributed by atoms with Crippen molar-refractivity contribution in [2.75, 3.05) is 4.90 Å². The van der Waals surface area contributed by atoms with E-state index in [1.165, 1.54) is 58.8 Å². The lowest BCUT2D eigenvalue weighted by Gasteiger charge is -2.25. The van der Waals surface area contributed by atoms with Gasteiger partial charge in [-0.3, -0.25) is 0 Å². The summed E-state index contributed by atoms with van der Waals surface area (Å²) in [5, 5.41) is 5.12. The number of fused-ring (bicyclic) bond motifs is 7. The third-order valence-corrected chi connectivity index (χ3v) is 9.95. The highest BCUT2D eigenvalue weighted by Crippen LogP contribution is 2.45. The van der Waals surface area contributed by atoms with Crippen molar-refractivity contribution in [3.63, 3.8) is 0 Å². The molecule has 45 heavy (non-hydrogen) atoms. The Bertz CT molecular complexity index is 2420. The summed E-state index contributed by atoms with van der Waals surface area (Å²) >= 11 is 1.89. The minimum atomic E-state index is 1.14. The van der Waals surface area contributed by atoms with Crippen LogP contribution in [0.5, 0.6) is 0 Å². The molecule has 7 aromatic carbocycles. The first-order valence-corrected chi connectivity index (χ1v) is 16.1. The Hall–Kier alpha value is -5.64. The van der Waals surface area contributed by atoms with Crippen LogP contribution in [0.15, 0.2) is 170 Å². The standard InChI is InChI=1S/C42H28N2S/c1-5-13-29(14-6-1)30-21-25-39-37(27-30)35-23-24-36-38-28-34(43(31-15-7-2-8-16-31)32-17-9-3-10-18-32)22-26-40(38)45-42(36)41(35)44(39)33-19-11-4-12-20-33/h1-28H. The number of thiophene rings is 1. The Morgan fingerprint density at radius 1 is 0.422 bits per heavy atom. The van der Waals surface area contributed by atoms with E-state index >= 15 is 0 Å². The highest BCUT2D eigenvalue weighted by molar-refractivity contribution is 7.26. The fourth-order valence-electron chi connectivity index (χ4n) is 6.72. The summed E-state index contributed by atoms with van der Waals surface area (Å²) in [7, 11) is 0. The molecular weight excluding hydrogens is 565 g/mol. The quantitative estimate of drug-likeness (QED) is 0.193. The number of anilines is 3. The molecule has 0 bridgehead atoms. The summed E-state index contributed by atoms with van der Waals surface area (Å²) in [4.78, 5) is 2.34. The molecule has 3 heteroatoms. The summed E-state index contributed by atoms with van der Waals surface area (Å²) in [5.74, 6) is 0. The lowest BCUT2D eigenvalue weighted by Crippen LogP contribution is -2.09. The van der Waals surface area contributed by atoms with E-state index < -0.39 is 0 Å². The normalized spacial score (nSPS) is 11.6. The number of rotatable bonds is 5. The molecule has 0 fully saturated rings. The number of benzene rings is 7. The molecule has 2 heterocycles. The monoisotopic (exact) mass is 592 g/mol. The lowest BCUT2D eigenvalue weighted by molar-refractivity contribution is 1.19. The molecule has 0 spiro atoms. The molecule has 9 rings (SSSR count). The van der Waals surface area contributed by atoms with E-state index in [-0.39, 0.29) is 0 Å².